The van der Waals surface area contributed by atoms with Crippen LogP contribution in [0.25, 0.3) is 0 Å². The molecule has 0 radical (unpaired) electrons. The van der Waals surface area contributed by atoms with Gasteiger partial charge in [0, 0.05) is 49.9 Å². The van der Waals surface area contributed by atoms with Gasteiger partial charge in [0.25, 0.3) is 0 Å². The fourth-order valence-corrected chi connectivity index (χ4v) is 3.98. The highest BCUT2D eigenvalue weighted by Crippen LogP contribution is 2.39. The van der Waals surface area contributed by atoms with Crippen molar-refractivity contribution in [1.82, 2.24) is 10.2 Å². The lowest BCUT2D eigenvalue weighted by atomic mass is 9.85. The number of piperazine rings is 1. The highest BCUT2D eigenvalue weighted by Gasteiger charge is 2.32. The molecule has 3 rings (SSSR count). The molecule has 23 heavy (non-hydrogen) atoms. The number of aromatic hydroxyl groups is 1. The molecule has 2 aliphatic heterocycles. The summed E-state index contributed by atoms with van der Waals surface area (Å²) in [5, 5.41) is 13.3. The monoisotopic (exact) mass is 426 g/mol. The number of halogens is 3. The van der Waals surface area contributed by atoms with Crippen molar-refractivity contribution >= 4 is 40.7 Å². The van der Waals surface area contributed by atoms with Crippen LogP contribution in [0.15, 0.2) is 22.7 Å². The average molecular weight is 428 g/mol. The minimum Gasteiger partial charge on any atom is -0.508 e. The Bertz CT molecular complexity index is 463. The Kier molecular flexibility index (Phi) is 9.19. The van der Waals surface area contributed by atoms with Crippen LogP contribution in [-0.4, -0.2) is 49.4 Å². The molecule has 2 saturated heterocycles. The molecule has 0 aromatic heterocycles. The number of nitrogens with zero attached hydrogens (tertiary/aromatic N) is 1. The van der Waals surface area contributed by atoms with Gasteiger partial charge in [-0.05, 0) is 42.5 Å². The maximum absolute atomic E-state index is 9.91. The lowest BCUT2D eigenvalue weighted by molar-refractivity contribution is 0.0210. The standard InChI is InChI=1S/C16H23BrN2O2.2ClH/c17-15-2-1-13(20)11-14(15)16(12-3-9-21-10-4-12)19-7-5-18-6-8-19;;/h1-2,11-12,16,18,20H,3-10H2;2*1H/t16-;;/m0../s1. The van der Waals surface area contributed by atoms with E-state index in [4.69, 9.17) is 4.74 Å². The van der Waals surface area contributed by atoms with Crippen LogP contribution in [0, 0.1) is 5.92 Å². The second-order valence-corrected chi connectivity index (χ2v) is 6.74. The lowest BCUT2D eigenvalue weighted by Gasteiger charge is -2.41. The molecule has 7 heteroatoms. The molecule has 2 N–H and O–H groups in total. The van der Waals surface area contributed by atoms with Crippen LogP contribution in [0.3, 0.4) is 0 Å². The second kappa shape index (κ2) is 10.1. The topological polar surface area (TPSA) is 44.7 Å². The second-order valence-electron chi connectivity index (χ2n) is 5.89. The first-order valence-corrected chi connectivity index (χ1v) is 8.56. The third-order valence-corrected chi connectivity index (χ3v) is 5.28. The van der Waals surface area contributed by atoms with Crippen LogP contribution < -0.4 is 5.32 Å². The van der Waals surface area contributed by atoms with Crippen molar-refractivity contribution in [2.45, 2.75) is 18.9 Å². The normalized spacial score (nSPS) is 21.1. The summed E-state index contributed by atoms with van der Waals surface area (Å²) in [5.74, 6) is 0.940. The van der Waals surface area contributed by atoms with Gasteiger partial charge < -0.3 is 15.2 Å². The molecule has 2 fully saturated rings. The molecule has 0 bridgehead atoms. The number of hydrogen-bond donors (Lipinski definition) is 2. The number of phenols is 1. The first-order chi connectivity index (χ1) is 10.3. The third kappa shape index (κ3) is 5.21. The first kappa shape index (κ1) is 21.0. The van der Waals surface area contributed by atoms with Crippen LogP contribution >= 0.6 is 40.7 Å². The molecule has 0 amide bonds. The fraction of sp³-hybridized carbons (Fsp3) is 0.625. The largest absolute Gasteiger partial charge is 0.508 e. The van der Waals surface area contributed by atoms with E-state index in [0.717, 1.165) is 56.7 Å². The summed E-state index contributed by atoms with van der Waals surface area (Å²) in [6.07, 6.45) is 2.19. The summed E-state index contributed by atoms with van der Waals surface area (Å²) >= 11 is 3.68. The van der Waals surface area contributed by atoms with Gasteiger partial charge in [-0.25, -0.2) is 0 Å². The van der Waals surface area contributed by atoms with Gasteiger partial charge in [-0.1, -0.05) is 15.9 Å². The quantitative estimate of drug-likeness (QED) is 0.776. The molecule has 2 heterocycles. The molecule has 0 unspecified atom stereocenters. The number of rotatable bonds is 3. The average Bonchev–Trinajstić information content (AvgIpc) is 2.53. The van der Waals surface area contributed by atoms with Crippen molar-refractivity contribution in [3.63, 3.8) is 0 Å². The maximum Gasteiger partial charge on any atom is 0.115 e. The van der Waals surface area contributed by atoms with Crippen LogP contribution in [0.1, 0.15) is 24.4 Å². The van der Waals surface area contributed by atoms with E-state index in [-0.39, 0.29) is 24.8 Å². The zero-order chi connectivity index (χ0) is 14.7. The van der Waals surface area contributed by atoms with Crippen molar-refractivity contribution in [2.75, 3.05) is 39.4 Å². The van der Waals surface area contributed by atoms with Gasteiger partial charge in [-0.15, -0.1) is 24.8 Å². The number of benzene rings is 1. The fourth-order valence-electron chi connectivity index (χ4n) is 3.50. The predicted molar refractivity (Wildman–Crippen MR) is 101 cm³/mol. The molecule has 1 aromatic rings. The number of hydrogen-bond acceptors (Lipinski definition) is 4. The smallest absolute Gasteiger partial charge is 0.115 e. The van der Waals surface area contributed by atoms with Gasteiger partial charge in [0.05, 0.1) is 0 Å². The van der Waals surface area contributed by atoms with Gasteiger partial charge >= 0.3 is 0 Å². The predicted octanol–water partition coefficient (Wildman–Crippen LogP) is 3.37. The Labute approximate surface area is 158 Å². The van der Waals surface area contributed by atoms with E-state index in [0.29, 0.717) is 17.7 Å². The van der Waals surface area contributed by atoms with E-state index >= 15 is 0 Å². The van der Waals surface area contributed by atoms with Gasteiger partial charge in [0.15, 0.2) is 0 Å². The molecule has 1 atom stereocenters. The molecule has 1 aromatic carbocycles. The van der Waals surface area contributed by atoms with Crippen LogP contribution in [0.4, 0.5) is 0 Å². The van der Waals surface area contributed by atoms with E-state index in [1.54, 1.807) is 6.07 Å². The van der Waals surface area contributed by atoms with Crippen molar-refractivity contribution < 1.29 is 9.84 Å². The summed E-state index contributed by atoms with van der Waals surface area (Å²) in [6, 6.07) is 5.98. The van der Waals surface area contributed by atoms with Crippen molar-refractivity contribution in [1.29, 1.82) is 0 Å². The van der Waals surface area contributed by atoms with E-state index in [1.807, 2.05) is 12.1 Å². The van der Waals surface area contributed by atoms with Gasteiger partial charge in [0.1, 0.15) is 5.75 Å². The highest BCUT2D eigenvalue weighted by atomic mass is 79.9. The molecule has 2 aliphatic rings. The molecule has 132 valence electrons. The summed E-state index contributed by atoms with van der Waals surface area (Å²) in [5.41, 5.74) is 1.21. The van der Waals surface area contributed by atoms with Crippen molar-refractivity contribution in [2.24, 2.45) is 5.92 Å². The Morgan fingerprint density at radius 1 is 1.17 bits per heavy atom. The zero-order valence-electron chi connectivity index (χ0n) is 13.0. The highest BCUT2D eigenvalue weighted by molar-refractivity contribution is 9.10. The van der Waals surface area contributed by atoms with E-state index in [2.05, 4.69) is 26.1 Å². The van der Waals surface area contributed by atoms with Crippen LogP contribution in [-0.2, 0) is 4.74 Å². The van der Waals surface area contributed by atoms with Gasteiger partial charge in [-0.2, -0.15) is 0 Å². The SMILES string of the molecule is Cl.Cl.Oc1ccc(Br)c([C@H](C2CCOCC2)N2CCNCC2)c1. The first-order valence-electron chi connectivity index (χ1n) is 7.76. The Balaban J connectivity index is 0.00000132. The van der Waals surface area contributed by atoms with E-state index < -0.39 is 0 Å². The minimum atomic E-state index is 0. The molecule has 0 aliphatic carbocycles. The number of nitrogens with one attached hydrogen (secondary N) is 1. The van der Waals surface area contributed by atoms with Crippen molar-refractivity contribution in [3.05, 3.63) is 28.2 Å². The van der Waals surface area contributed by atoms with Crippen LogP contribution in [0.2, 0.25) is 0 Å². The Morgan fingerprint density at radius 3 is 2.48 bits per heavy atom. The summed E-state index contributed by atoms with van der Waals surface area (Å²) in [6.45, 7) is 5.90. The maximum atomic E-state index is 9.91. The third-order valence-electron chi connectivity index (χ3n) is 4.56. The molecular weight excluding hydrogens is 403 g/mol. The zero-order valence-corrected chi connectivity index (χ0v) is 16.3. The van der Waals surface area contributed by atoms with E-state index in [9.17, 15) is 5.11 Å². The molecule has 0 spiro atoms. The molecule has 0 saturated carbocycles. The Hall–Kier alpha value is -0.0400. The summed E-state index contributed by atoms with van der Waals surface area (Å²) in [7, 11) is 0. The lowest BCUT2D eigenvalue weighted by Crippen LogP contribution is -2.47. The summed E-state index contributed by atoms with van der Waals surface area (Å²) in [4.78, 5) is 2.56. The van der Waals surface area contributed by atoms with Gasteiger partial charge in [-0.3, -0.25) is 4.90 Å². The summed E-state index contributed by atoms with van der Waals surface area (Å²) < 4.78 is 6.63. The van der Waals surface area contributed by atoms with Crippen molar-refractivity contribution in [3.8, 4) is 5.75 Å². The Morgan fingerprint density at radius 2 is 1.83 bits per heavy atom. The number of ether oxygens (including phenoxy) is 1. The van der Waals surface area contributed by atoms with E-state index in [1.165, 1.54) is 5.56 Å². The number of phenolic OH excluding ortho intramolecular Hbond substituents is 1. The van der Waals surface area contributed by atoms with Gasteiger partial charge in [0.2, 0.25) is 0 Å². The van der Waals surface area contributed by atoms with Crippen LogP contribution in [0.5, 0.6) is 5.75 Å². The molecular formula is C16H25BrCl2N2O2. The molecule has 4 nitrogen and oxygen atoms in total. The minimum absolute atomic E-state index is 0.